The Balaban J connectivity index is 1.70. The fraction of sp³-hybridized carbons (Fsp3) is 0.321. The number of rotatable bonds is 9. The molecule has 0 spiro atoms. The third kappa shape index (κ3) is 6.46. The first kappa shape index (κ1) is 26.2. The van der Waals surface area contributed by atoms with Gasteiger partial charge in [0.15, 0.2) is 9.84 Å². The Morgan fingerprint density at radius 2 is 2.05 bits per heavy atom. The van der Waals surface area contributed by atoms with E-state index < -0.39 is 21.8 Å². The van der Waals surface area contributed by atoms with Gasteiger partial charge in [0.25, 0.3) is 5.91 Å². The summed E-state index contributed by atoms with van der Waals surface area (Å²) in [6.45, 7) is 4.73. The zero-order valence-corrected chi connectivity index (χ0v) is 21.8. The Morgan fingerprint density at radius 3 is 2.70 bits per heavy atom. The number of hydrogen-bond acceptors (Lipinski definition) is 6. The molecule has 9 heteroatoms. The standard InChI is InChI=1S/C28H30N4O4S/c1-3-4-13-36-25-10-11-26(20(2)15-25)27-22(18-32(31-27)24-8-6-5-7-9-24)16-21(17-29)28(33)30-23-12-14-37(34,35)19-23/h5-11,15-16,18,23H,3-4,12-14,19H2,1-2H3,(H,30,33)/b21-16+/t23-/m1/s1. The van der Waals surface area contributed by atoms with Gasteiger partial charge in [-0.2, -0.15) is 10.4 Å². The van der Waals surface area contributed by atoms with Gasteiger partial charge in [0.1, 0.15) is 23.1 Å². The number of nitrogens with zero attached hydrogens (tertiary/aromatic N) is 3. The Bertz CT molecular complexity index is 1450. The molecule has 2 aromatic carbocycles. The number of para-hydroxylation sites is 1. The molecule has 1 saturated heterocycles. The second-order valence-corrected chi connectivity index (χ2v) is 11.4. The number of unbranched alkanes of at least 4 members (excludes halogenated alkanes) is 1. The van der Waals surface area contributed by atoms with Crippen molar-refractivity contribution in [3.8, 4) is 28.8 Å². The van der Waals surface area contributed by atoms with E-state index >= 15 is 0 Å². The molecule has 2 heterocycles. The molecule has 0 bridgehead atoms. The van der Waals surface area contributed by atoms with E-state index in [4.69, 9.17) is 9.84 Å². The second kappa shape index (κ2) is 11.4. The minimum Gasteiger partial charge on any atom is -0.494 e. The average Bonchev–Trinajstić information content (AvgIpc) is 3.45. The lowest BCUT2D eigenvalue weighted by Crippen LogP contribution is -2.36. The summed E-state index contributed by atoms with van der Waals surface area (Å²) in [5.74, 6) is 0.104. The number of nitriles is 1. The zero-order chi connectivity index (χ0) is 26.4. The maximum Gasteiger partial charge on any atom is 0.262 e. The number of benzene rings is 2. The number of aryl methyl sites for hydroxylation is 1. The van der Waals surface area contributed by atoms with E-state index in [9.17, 15) is 18.5 Å². The number of amides is 1. The highest BCUT2D eigenvalue weighted by Gasteiger charge is 2.29. The molecule has 1 N–H and O–H groups in total. The first-order chi connectivity index (χ1) is 17.8. The molecular formula is C28H30N4O4S. The summed E-state index contributed by atoms with van der Waals surface area (Å²) in [4.78, 5) is 12.9. The summed E-state index contributed by atoms with van der Waals surface area (Å²) in [7, 11) is -3.16. The highest BCUT2D eigenvalue weighted by Crippen LogP contribution is 2.31. The van der Waals surface area contributed by atoms with Gasteiger partial charge in [0.05, 0.1) is 23.8 Å². The van der Waals surface area contributed by atoms with Crippen LogP contribution in [0.5, 0.6) is 5.75 Å². The Kier molecular flexibility index (Phi) is 8.09. The van der Waals surface area contributed by atoms with Crippen LogP contribution in [0.4, 0.5) is 0 Å². The maximum atomic E-state index is 12.9. The topological polar surface area (TPSA) is 114 Å². The minimum atomic E-state index is -3.16. The molecule has 3 aromatic rings. The lowest BCUT2D eigenvalue weighted by molar-refractivity contribution is -0.117. The van der Waals surface area contributed by atoms with Crippen LogP contribution in [0.15, 0.2) is 60.3 Å². The molecule has 1 aliphatic heterocycles. The fourth-order valence-corrected chi connectivity index (χ4v) is 5.89. The van der Waals surface area contributed by atoms with Crippen molar-refractivity contribution in [1.29, 1.82) is 5.26 Å². The van der Waals surface area contributed by atoms with Crippen LogP contribution in [0, 0.1) is 18.3 Å². The summed E-state index contributed by atoms with van der Waals surface area (Å²) >= 11 is 0. The van der Waals surface area contributed by atoms with Crippen molar-refractivity contribution in [3.63, 3.8) is 0 Å². The van der Waals surface area contributed by atoms with Gasteiger partial charge in [0, 0.05) is 23.4 Å². The number of ether oxygens (including phenoxy) is 1. The van der Waals surface area contributed by atoms with Crippen molar-refractivity contribution < 1.29 is 17.9 Å². The van der Waals surface area contributed by atoms with Crippen molar-refractivity contribution >= 4 is 21.8 Å². The molecular weight excluding hydrogens is 488 g/mol. The molecule has 8 nitrogen and oxygen atoms in total. The first-order valence-corrected chi connectivity index (χ1v) is 14.1. The van der Waals surface area contributed by atoms with Crippen LogP contribution in [-0.2, 0) is 14.6 Å². The lowest BCUT2D eigenvalue weighted by Gasteiger charge is -2.11. The minimum absolute atomic E-state index is 0.0367. The van der Waals surface area contributed by atoms with Crippen molar-refractivity contribution in [3.05, 3.63) is 71.4 Å². The van der Waals surface area contributed by atoms with Gasteiger partial charge in [-0.25, -0.2) is 13.1 Å². The van der Waals surface area contributed by atoms with Gasteiger partial charge in [-0.1, -0.05) is 31.5 Å². The van der Waals surface area contributed by atoms with Gasteiger partial charge in [-0.05, 0) is 61.7 Å². The number of aromatic nitrogens is 2. The van der Waals surface area contributed by atoms with Crippen LogP contribution in [-0.4, -0.2) is 48.3 Å². The predicted octanol–water partition coefficient (Wildman–Crippen LogP) is 4.24. The van der Waals surface area contributed by atoms with Gasteiger partial charge >= 0.3 is 0 Å². The van der Waals surface area contributed by atoms with Crippen molar-refractivity contribution in [2.75, 3.05) is 18.1 Å². The summed E-state index contributed by atoms with van der Waals surface area (Å²) < 4.78 is 31.1. The number of carbonyl (C=O) groups excluding carboxylic acids is 1. The van der Waals surface area contributed by atoms with Crippen LogP contribution in [0.2, 0.25) is 0 Å². The molecule has 0 radical (unpaired) electrons. The maximum absolute atomic E-state index is 12.9. The number of carbonyl (C=O) groups is 1. The van der Waals surface area contributed by atoms with E-state index in [1.54, 1.807) is 10.9 Å². The molecule has 192 valence electrons. The molecule has 1 amide bonds. The smallest absolute Gasteiger partial charge is 0.262 e. The van der Waals surface area contributed by atoms with Crippen LogP contribution in [0.25, 0.3) is 23.0 Å². The van der Waals surface area contributed by atoms with E-state index in [1.807, 2.05) is 61.5 Å². The van der Waals surface area contributed by atoms with Crippen molar-refractivity contribution in [1.82, 2.24) is 15.1 Å². The summed E-state index contributed by atoms with van der Waals surface area (Å²) in [6, 6.07) is 16.8. The Labute approximate surface area is 217 Å². The fourth-order valence-electron chi connectivity index (χ4n) is 4.22. The molecule has 0 aliphatic carbocycles. The van der Waals surface area contributed by atoms with E-state index in [2.05, 4.69) is 12.2 Å². The van der Waals surface area contributed by atoms with Crippen LogP contribution in [0.1, 0.15) is 37.3 Å². The van der Waals surface area contributed by atoms with E-state index in [-0.39, 0.29) is 17.1 Å². The van der Waals surface area contributed by atoms with Gasteiger partial charge < -0.3 is 10.1 Å². The van der Waals surface area contributed by atoms with Gasteiger partial charge in [-0.15, -0.1) is 0 Å². The third-order valence-electron chi connectivity index (χ3n) is 6.22. The lowest BCUT2D eigenvalue weighted by atomic mass is 10.0. The van der Waals surface area contributed by atoms with Gasteiger partial charge in [-0.3, -0.25) is 4.79 Å². The quantitative estimate of drug-likeness (QED) is 0.258. The number of nitrogens with one attached hydrogen (secondary N) is 1. The molecule has 0 saturated carbocycles. The number of sulfone groups is 1. The SMILES string of the molecule is CCCCOc1ccc(-c2nn(-c3ccccc3)cc2/C=C(\C#N)C(=O)N[C@@H]2CCS(=O)(=O)C2)c(C)c1. The molecule has 1 aliphatic rings. The summed E-state index contributed by atoms with van der Waals surface area (Å²) in [6.07, 6.45) is 5.65. The largest absolute Gasteiger partial charge is 0.494 e. The second-order valence-electron chi connectivity index (χ2n) is 9.14. The molecule has 1 aromatic heterocycles. The van der Waals surface area contributed by atoms with Crippen molar-refractivity contribution in [2.45, 2.75) is 39.2 Å². The monoisotopic (exact) mass is 518 g/mol. The number of hydrogen-bond donors (Lipinski definition) is 1. The average molecular weight is 519 g/mol. The third-order valence-corrected chi connectivity index (χ3v) is 7.98. The van der Waals surface area contributed by atoms with Crippen LogP contribution >= 0.6 is 0 Å². The predicted molar refractivity (Wildman–Crippen MR) is 143 cm³/mol. The normalized spacial score (nSPS) is 16.8. The van der Waals surface area contributed by atoms with Gasteiger partial charge in [0.2, 0.25) is 0 Å². The molecule has 4 rings (SSSR count). The van der Waals surface area contributed by atoms with Crippen molar-refractivity contribution in [2.24, 2.45) is 0 Å². The van der Waals surface area contributed by atoms with Crippen LogP contribution < -0.4 is 10.1 Å². The molecule has 1 atom stereocenters. The molecule has 1 fully saturated rings. The van der Waals surface area contributed by atoms with Crippen LogP contribution in [0.3, 0.4) is 0 Å². The summed E-state index contributed by atoms with van der Waals surface area (Å²) in [5, 5.41) is 17.3. The summed E-state index contributed by atoms with van der Waals surface area (Å²) in [5.41, 5.74) is 3.72. The Hall–Kier alpha value is -3.90. The highest BCUT2D eigenvalue weighted by molar-refractivity contribution is 7.91. The van der Waals surface area contributed by atoms with E-state index in [0.29, 0.717) is 24.3 Å². The van der Waals surface area contributed by atoms with E-state index in [1.165, 1.54) is 6.08 Å². The molecule has 0 unspecified atom stereocenters. The zero-order valence-electron chi connectivity index (χ0n) is 21.0. The van der Waals surface area contributed by atoms with E-state index in [0.717, 1.165) is 35.4 Å². The first-order valence-electron chi connectivity index (χ1n) is 12.3. The highest BCUT2D eigenvalue weighted by atomic mass is 32.2. The Morgan fingerprint density at radius 1 is 1.27 bits per heavy atom. The molecule has 37 heavy (non-hydrogen) atoms.